The second-order valence-corrected chi connectivity index (χ2v) is 4.65. The number of benzene rings is 1. The first-order valence-electron chi connectivity index (χ1n) is 5.57. The van der Waals surface area contributed by atoms with Crippen molar-refractivity contribution in [3.8, 4) is 5.75 Å². The molecular formula is C12H14BrFO3. The Hall–Kier alpha value is -0.650. The number of hydrogen-bond donors (Lipinski definition) is 0. The summed E-state index contributed by atoms with van der Waals surface area (Å²) >= 11 is 3.19. The zero-order valence-electron chi connectivity index (χ0n) is 9.33. The van der Waals surface area contributed by atoms with E-state index in [0.29, 0.717) is 17.5 Å². The minimum absolute atomic E-state index is 0.220. The maximum atomic E-state index is 13.4. The van der Waals surface area contributed by atoms with Gasteiger partial charge in [-0.25, -0.2) is 4.39 Å². The molecule has 1 aromatic carbocycles. The lowest BCUT2D eigenvalue weighted by Crippen LogP contribution is -2.26. The molecule has 0 aliphatic carbocycles. The lowest BCUT2D eigenvalue weighted by molar-refractivity contribution is -0.183. The third-order valence-electron chi connectivity index (χ3n) is 2.40. The molecule has 0 amide bonds. The topological polar surface area (TPSA) is 27.7 Å². The van der Waals surface area contributed by atoms with Crippen molar-refractivity contribution in [3.63, 3.8) is 0 Å². The van der Waals surface area contributed by atoms with Gasteiger partial charge in [-0.1, -0.05) is 15.9 Å². The first-order chi connectivity index (χ1) is 8.25. The van der Waals surface area contributed by atoms with Crippen molar-refractivity contribution < 1.29 is 18.6 Å². The van der Waals surface area contributed by atoms with Gasteiger partial charge in [0.25, 0.3) is 0 Å². The molecule has 0 saturated carbocycles. The van der Waals surface area contributed by atoms with Crippen LogP contribution in [0.2, 0.25) is 0 Å². The molecule has 1 aliphatic rings. The van der Waals surface area contributed by atoms with Gasteiger partial charge >= 0.3 is 0 Å². The highest BCUT2D eigenvalue weighted by atomic mass is 79.9. The van der Waals surface area contributed by atoms with Gasteiger partial charge in [0, 0.05) is 10.9 Å². The van der Waals surface area contributed by atoms with E-state index in [9.17, 15) is 4.39 Å². The maximum absolute atomic E-state index is 13.4. The molecule has 0 radical (unpaired) electrons. The summed E-state index contributed by atoms with van der Waals surface area (Å²) in [6.45, 7) is 1.82. The number of hydrogen-bond acceptors (Lipinski definition) is 3. The molecule has 1 fully saturated rings. The SMILES string of the molecule is Fc1cc(Br)ccc1OCCC1OCCCO1. The van der Waals surface area contributed by atoms with Crippen LogP contribution in [0.5, 0.6) is 5.75 Å². The summed E-state index contributed by atoms with van der Waals surface area (Å²) in [6, 6.07) is 4.72. The highest BCUT2D eigenvalue weighted by Gasteiger charge is 2.14. The van der Waals surface area contributed by atoms with Crippen molar-refractivity contribution in [2.45, 2.75) is 19.1 Å². The Morgan fingerprint density at radius 1 is 1.35 bits per heavy atom. The van der Waals surface area contributed by atoms with E-state index in [4.69, 9.17) is 14.2 Å². The van der Waals surface area contributed by atoms with Crippen molar-refractivity contribution >= 4 is 15.9 Å². The van der Waals surface area contributed by atoms with Gasteiger partial charge in [0.15, 0.2) is 17.9 Å². The van der Waals surface area contributed by atoms with Gasteiger partial charge in [0.1, 0.15) is 0 Å². The highest BCUT2D eigenvalue weighted by molar-refractivity contribution is 9.10. The predicted molar refractivity (Wildman–Crippen MR) is 64.5 cm³/mol. The fourth-order valence-electron chi connectivity index (χ4n) is 1.56. The largest absolute Gasteiger partial charge is 0.490 e. The molecule has 1 heterocycles. The average molecular weight is 305 g/mol. The van der Waals surface area contributed by atoms with Gasteiger partial charge in [-0.05, 0) is 24.6 Å². The third-order valence-corrected chi connectivity index (χ3v) is 2.89. The Kier molecular flexibility index (Phi) is 4.76. The van der Waals surface area contributed by atoms with Crippen LogP contribution in [0.1, 0.15) is 12.8 Å². The molecule has 0 spiro atoms. The fraction of sp³-hybridized carbons (Fsp3) is 0.500. The first kappa shape index (κ1) is 12.8. The van der Waals surface area contributed by atoms with E-state index >= 15 is 0 Å². The lowest BCUT2D eigenvalue weighted by Gasteiger charge is -2.23. The van der Waals surface area contributed by atoms with Crippen molar-refractivity contribution in [2.75, 3.05) is 19.8 Å². The standard InChI is InChI=1S/C12H14BrFO3/c13-9-2-3-11(10(14)8-9)15-7-4-12-16-5-1-6-17-12/h2-3,8,12H,1,4-7H2. The third kappa shape index (κ3) is 3.94. The molecule has 17 heavy (non-hydrogen) atoms. The normalized spacial score (nSPS) is 17.1. The maximum Gasteiger partial charge on any atom is 0.166 e. The molecule has 94 valence electrons. The monoisotopic (exact) mass is 304 g/mol. The molecule has 1 saturated heterocycles. The Labute approximate surface area is 108 Å². The van der Waals surface area contributed by atoms with Crippen LogP contribution in [0, 0.1) is 5.82 Å². The van der Waals surface area contributed by atoms with Gasteiger partial charge in [-0.15, -0.1) is 0 Å². The quantitative estimate of drug-likeness (QED) is 0.855. The van der Waals surface area contributed by atoms with Crippen LogP contribution < -0.4 is 4.74 Å². The Balaban J connectivity index is 1.77. The summed E-state index contributed by atoms with van der Waals surface area (Å²) in [4.78, 5) is 0. The molecule has 0 bridgehead atoms. The Morgan fingerprint density at radius 2 is 2.12 bits per heavy atom. The van der Waals surface area contributed by atoms with Gasteiger partial charge in [0.05, 0.1) is 19.8 Å². The highest BCUT2D eigenvalue weighted by Crippen LogP contribution is 2.21. The Morgan fingerprint density at radius 3 is 2.82 bits per heavy atom. The van der Waals surface area contributed by atoms with E-state index in [1.807, 2.05) is 0 Å². The second-order valence-electron chi connectivity index (χ2n) is 3.74. The molecule has 0 N–H and O–H groups in total. The molecule has 0 atom stereocenters. The summed E-state index contributed by atoms with van der Waals surface area (Å²) < 4.78 is 30.2. The minimum Gasteiger partial charge on any atom is -0.490 e. The Bertz CT molecular complexity index is 367. The first-order valence-corrected chi connectivity index (χ1v) is 6.36. The predicted octanol–water partition coefficient (Wildman–Crippen LogP) is 3.12. The number of rotatable bonds is 4. The van der Waals surface area contributed by atoms with Crippen LogP contribution in [-0.4, -0.2) is 26.1 Å². The molecular weight excluding hydrogens is 291 g/mol. The summed E-state index contributed by atoms with van der Waals surface area (Å²) in [5, 5.41) is 0. The van der Waals surface area contributed by atoms with Crippen LogP contribution in [0.3, 0.4) is 0 Å². The van der Waals surface area contributed by atoms with Crippen LogP contribution in [0.4, 0.5) is 4.39 Å². The number of ether oxygens (including phenoxy) is 3. The summed E-state index contributed by atoms with van der Waals surface area (Å²) in [6.07, 6.45) is 1.32. The summed E-state index contributed by atoms with van der Waals surface area (Å²) in [5.41, 5.74) is 0. The van der Waals surface area contributed by atoms with E-state index in [-0.39, 0.29) is 17.9 Å². The molecule has 0 unspecified atom stereocenters. The zero-order valence-corrected chi connectivity index (χ0v) is 10.9. The van der Waals surface area contributed by atoms with E-state index in [1.54, 1.807) is 12.1 Å². The minimum atomic E-state index is -0.371. The van der Waals surface area contributed by atoms with Crippen LogP contribution in [0.15, 0.2) is 22.7 Å². The van der Waals surface area contributed by atoms with E-state index in [2.05, 4.69) is 15.9 Å². The van der Waals surface area contributed by atoms with Crippen molar-refractivity contribution in [1.29, 1.82) is 0 Å². The van der Waals surface area contributed by atoms with Crippen molar-refractivity contribution in [2.24, 2.45) is 0 Å². The van der Waals surface area contributed by atoms with Crippen molar-refractivity contribution in [3.05, 3.63) is 28.5 Å². The molecule has 0 aromatic heterocycles. The molecule has 5 heteroatoms. The van der Waals surface area contributed by atoms with Crippen LogP contribution >= 0.6 is 15.9 Å². The van der Waals surface area contributed by atoms with Gasteiger partial charge in [-0.2, -0.15) is 0 Å². The summed E-state index contributed by atoms with van der Waals surface area (Å²) in [7, 11) is 0. The average Bonchev–Trinajstić information content (AvgIpc) is 2.33. The van der Waals surface area contributed by atoms with Gasteiger partial charge in [-0.3, -0.25) is 0 Å². The van der Waals surface area contributed by atoms with Crippen LogP contribution in [-0.2, 0) is 9.47 Å². The molecule has 1 aromatic rings. The second kappa shape index (κ2) is 6.33. The van der Waals surface area contributed by atoms with Gasteiger partial charge in [0.2, 0.25) is 0 Å². The fourth-order valence-corrected chi connectivity index (χ4v) is 1.89. The van der Waals surface area contributed by atoms with Gasteiger partial charge < -0.3 is 14.2 Å². The van der Waals surface area contributed by atoms with E-state index in [0.717, 1.165) is 19.6 Å². The molecule has 2 rings (SSSR count). The lowest BCUT2D eigenvalue weighted by atomic mass is 10.3. The summed E-state index contributed by atoms with van der Waals surface area (Å²) in [5.74, 6) is -0.117. The zero-order chi connectivity index (χ0) is 12.1. The smallest absolute Gasteiger partial charge is 0.166 e. The van der Waals surface area contributed by atoms with Crippen LogP contribution in [0.25, 0.3) is 0 Å². The van der Waals surface area contributed by atoms with E-state index < -0.39 is 0 Å². The molecule has 1 aliphatic heterocycles. The number of halogens is 2. The molecule has 3 nitrogen and oxygen atoms in total. The van der Waals surface area contributed by atoms with Crippen molar-refractivity contribution in [1.82, 2.24) is 0 Å². The van der Waals surface area contributed by atoms with E-state index in [1.165, 1.54) is 6.07 Å².